The van der Waals surface area contributed by atoms with E-state index in [9.17, 15) is 20.1 Å². The first-order chi connectivity index (χ1) is 11.7. The van der Waals surface area contributed by atoms with Crippen molar-refractivity contribution in [2.75, 3.05) is 13.2 Å². The van der Waals surface area contributed by atoms with Gasteiger partial charge < -0.3 is 29.2 Å². The van der Waals surface area contributed by atoms with E-state index >= 15 is 0 Å². The molecule has 3 N–H and O–H groups in total. The third-order valence-electron chi connectivity index (χ3n) is 5.21. The van der Waals surface area contributed by atoms with Crippen molar-refractivity contribution in [1.82, 2.24) is 0 Å². The summed E-state index contributed by atoms with van der Waals surface area (Å²) in [7, 11) is -2.33. The first-order valence-corrected chi connectivity index (χ1v) is 12.0. The Kier molecular flexibility index (Phi) is 7.46. The Morgan fingerprint density at radius 1 is 1.00 bits per heavy atom. The van der Waals surface area contributed by atoms with Gasteiger partial charge in [0, 0.05) is 0 Å². The van der Waals surface area contributed by atoms with Gasteiger partial charge in [-0.2, -0.15) is 0 Å². The molecule has 1 heterocycles. The zero-order valence-electron chi connectivity index (χ0n) is 17.3. The lowest BCUT2D eigenvalue weighted by Gasteiger charge is -2.48. The highest BCUT2D eigenvalue weighted by molar-refractivity contribution is 6.74. The van der Waals surface area contributed by atoms with Crippen LogP contribution in [0.25, 0.3) is 0 Å². The lowest BCUT2D eigenvalue weighted by Crippen LogP contribution is -2.64. The normalized spacial score (nSPS) is 31.0. The van der Waals surface area contributed by atoms with E-state index in [2.05, 4.69) is 20.8 Å². The third kappa shape index (κ3) is 5.27. The summed E-state index contributed by atoms with van der Waals surface area (Å²) in [6, 6.07) is 0. The molecule has 154 valence electrons. The van der Waals surface area contributed by atoms with Crippen LogP contribution in [-0.4, -0.2) is 73.3 Å². The van der Waals surface area contributed by atoms with Crippen molar-refractivity contribution < 1.29 is 34.0 Å². The third-order valence-corrected chi connectivity index (χ3v) is 9.68. The molecule has 0 unspecified atom stereocenters. The van der Waals surface area contributed by atoms with Gasteiger partial charge in [0.1, 0.15) is 24.4 Å². The van der Waals surface area contributed by atoms with E-state index in [1.807, 2.05) is 13.1 Å². The molecular weight excluding hydrogens is 356 g/mol. The predicted octanol–water partition coefficient (Wildman–Crippen LogP) is 1.45. The summed E-state index contributed by atoms with van der Waals surface area (Å²) in [5.41, 5.74) is -0.750. The maximum atomic E-state index is 12.4. The van der Waals surface area contributed by atoms with Gasteiger partial charge in [-0.25, -0.2) is 0 Å². The van der Waals surface area contributed by atoms with Gasteiger partial charge in [-0.1, -0.05) is 20.8 Å². The molecule has 1 saturated heterocycles. The molecule has 0 saturated carbocycles. The number of ether oxygens (including phenoxy) is 2. The predicted molar refractivity (Wildman–Crippen MR) is 100 cm³/mol. The lowest BCUT2D eigenvalue weighted by molar-refractivity contribution is -0.243. The summed E-state index contributed by atoms with van der Waals surface area (Å²) in [5.74, 6) is -0.469. The van der Waals surface area contributed by atoms with Gasteiger partial charge in [0.25, 0.3) is 0 Å². The highest BCUT2D eigenvalue weighted by Gasteiger charge is 2.52. The first-order valence-electron chi connectivity index (χ1n) is 9.10. The quantitative estimate of drug-likeness (QED) is 0.480. The number of esters is 1. The topological polar surface area (TPSA) is 105 Å². The van der Waals surface area contributed by atoms with Crippen LogP contribution in [0.15, 0.2) is 0 Å². The summed E-state index contributed by atoms with van der Waals surface area (Å²) in [4.78, 5) is 12.4. The van der Waals surface area contributed by atoms with Crippen molar-refractivity contribution in [2.45, 2.75) is 90.2 Å². The Labute approximate surface area is 157 Å². The molecule has 0 spiro atoms. The second kappa shape index (κ2) is 8.24. The fourth-order valence-electron chi connectivity index (χ4n) is 2.39. The average molecular weight is 393 g/mol. The monoisotopic (exact) mass is 392 g/mol. The summed E-state index contributed by atoms with van der Waals surface area (Å²) in [5, 5.41) is 29.8. The Hall–Kier alpha value is -0.513. The minimum absolute atomic E-state index is 0.132. The van der Waals surface area contributed by atoms with Gasteiger partial charge in [-0.05, 0) is 38.9 Å². The van der Waals surface area contributed by atoms with Gasteiger partial charge in [-0.3, -0.25) is 4.79 Å². The summed E-state index contributed by atoms with van der Waals surface area (Å²) >= 11 is 0. The molecule has 26 heavy (non-hydrogen) atoms. The van der Waals surface area contributed by atoms with Gasteiger partial charge in [-0.15, -0.1) is 0 Å². The average Bonchev–Trinajstić information content (AvgIpc) is 2.48. The Bertz CT molecular complexity index is 481. The molecule has 0 aromatic heterocycles. The van der Waals surface area contributed by atoms with Crippen molar-refractivity contribution in [1.29, 1.82) is 0 Å². The molecule has 0 aromatic rings. The standard InChI is InChI=1S/C18H36O7Si/c1-17(2,3)16(22)24-14-12(10-20)23-11(9-19)13(21)15(14)25-26(7,8)18(4,5)6/h11-15,19-21H,9-10H2,1-8H3/t11-,12+,13+,14-,15-/m1/s1. The van der Waals surface area contributed by atoms with E-state index in [4.69, 9.17) is 13.9 Å². The van der Waals surface area contributed by atoms with Gasteiger partial charge in [0.15, 0.2) is 14.4 Å². The lowest BCUT2D eigenvalue weighted by atomic mass is 9.93. The van der Waals surface area contributed by atoms with E-state index in [0.717, 1.165) is 0 Å². The molecular formula is C18H36O7Si. The molecule has 8 heteroatoms. The molecule has 0 bridgehead atoms. The summed E-state index contributed by atoms with van der Waals surface area (Å²) in [6.45, 7) is 14.6. The number of hydrogen-bond acceptors (Lipinski definition) is 7. The Morgan fingerprint density at radius 3 is 1.88 bits per heavy atom. The zero-order chi connectivity index (χ0) is 20.5. The molecule has 5 atom stereocenters. The molecule has 0 radical (unpaired) electrons. The van der Waals surface area contributed by atoms with Gasteiger partial charge in [0.2, 0.25) is 0 Å². The number of rotatable bonds is 5. The number of aliphatic hydroxyl groups is 3. The van der Waals surface area contributed by atoms with Gasteiger partial charge >= 0.3 is 5.97 Å². The first kappa shape index (κ1) is 23.5. The van der Waals surface area contributed by atoms with Crippen LogP contribution in [0, 0.1) is 5.41 Å². The number of hydrogen-bond donors (Lipinski definition) is 3. The number of carbonyl (C=O) groups is 1. The summed E-state index contributed by atoms with van der Waals surface area (Å²) in [6.07, 6.45) is -4.80. The molecule has 0 aromatic carbocycles. The molecule has 0 aliphatic carbocycles. The highest BCUT2D eigenvalue weighted by Crippen LogP contribution is 2.40. The molecule has 1 aliphatic rings. The minimum Gasteiger partial charge on any atom is -0.456 e. The second-order valence-electron chi connectivity index (χ2n) is 9.53. The van der Waals surface area contributed by atoms with E-state index in [1.54, 1.807) is 20.8 Å². The van der Waals surface area contributed by atoms with Crippen LogP contribution in [0.5, 0.6) is 0 Å². The molecule has 1 rings (SSSR count). The minimum atomic E-state index is -2.33. The van der Waals surface area contributed by atoms with Crippen molar-refractivity contribution >= 4 is 14.3 Å². The fourth-order valence-corrected chi connectivity index (χ4v) is 3.70. The van der Waals surface area contributed by atoms with Crippen LogP contribution in [0.4, 0.5) is 0 Å². The van der Waals surface area contributed by atoms with Crippen molar-refractivity contribution in [3.63, 3.8) is 0 Å². The highest BCUT2D eigenvalue weighted by atomic mass is 28.4. The maximum Gasteiger partial charge on any atom is 0.311 e. The summed E-state index contributed by atoms with van der Waals surface area (Å²) < 4.78 is 17.5. The van der Waals surface area contributed by atoms with Crippen LogP contribution in [0.3, 0.4) is 0 Å². The fraction of sp³-hybridized carbons (Fsp3) is 0.944. The van der Waals surface area contributed by atoms with E-state index in [1.165, 1.54) is 0 Å². The van der Waals surface area contributed by atoms with Crippen molar-refractivity contribution in [2.24, 2.45) is 5.41 Å². The Balaban J connectivity index is 3.22. The largest absolute Gasteiger partial charge is 0.456 e. The van der Waals surface area contributed by atoms with Crippen LogP contribution < -0.4 is 0 Å². The van der Waals surface area contributed by atoms with Crippen LogP contribution in [0.2, 0.25) is 18.1 Å². The Morgan fingerprint density at radius 2 is 1.50 bits per heavy atom. The van der Waals surface area contributed by atoms with Crippen LogP contribution >= 0.6 is 0 Å². The van der Waals surface area contributed by atoms with E-state index < -0.39 is 63.4 Å². The zero-order valence-corrected chi connectivity index (χ0v) is 18.3. The number of carbonyl (C=O) groups excluding carboxylic acids is 1. The molecule has 1 aliphatic heterocycles. The SMILES string of the molecule is CC(C)(C)C(=O)O[C@H]1[C@H](O[Si](C)(C)C(C)(C)C)[C@@H](O)[C@@H](CO)O[C@H]1CO. The van der Waals surface area contributed by atoms with E-state index in [0.29, 0.717) is 0 Å². The van der Waals surface area contributed by atoms with Crippen molar-refractivity contribution in [3.8, 4) is 0 Å². The molecule has 0 amide bonds. The molecule has 1 fully saturated rings. The van der Waals surface area contributed by atoms with E-state index in [-0.39, 0.29) is 5.04 Å². The van der Waals surface area contributed by atoms with Crippen LogP contribution in [-0.2, 0) is 18.7 Å². The van der Waals surface area contributed by atoms with Gasteiger partial charge in [0.05, 0.1) is 18.6 Å². The maximum absolute atomic E-state index is 12.4. The second-order valence-corrected chi connectivity index (χ2v) is 14.3. The van der Waals surface area contributed by atoms with Crippen LogP contribution in [0.1, 0.15) is 41.5 Å². The van der Waals surface area contributed by atoms with Crippen molar-refractivity contribution in [3.05, 3.63) is 0 Å². The number of aliphatic hydroxyl groups excluding tert-OH is 3. The smallest absolute Gasteiger partial charge is 0.311 e. The molecule has 7 nitrogen and oxygen atoms in total.